The van der Waals surface area contributed by atoms with Gasteiger partial charge in [0.05, 0.1) is 6.54 Å². The average Bonchev–Trinajstić information content (AvgIpc) is 2.76. The van der Waals surface area contributed by atoms with Crippen molar-refractivity contribution in [3.63, 3.8) is 0 Å². The van der Waals surface area contributed by atoms with Crippen LogP contribution in [-0.2, 0) is 11.3 Å². The zero-order chi connectivity index (χ0) is 13.8. The van der Waals surface area contributed by atoms with Crippen LogP contribution in [0.4, 0.5) is 5.82 Å². The van der Waals surface area contributed by atoms with Gasteiger partial charge in [-0.1, -0.05) is 12.2 Å². The largest absolute Gasteiger partial charge is 0.310 e. The molecule has 19 heavy (non-hydrogen) atoms. The Morgan fingerprint density at radius 3 is 3.11 bits per heavy atom. The van der Waals surface area contributed by atoms with Crippen LogP contribution < -0.4 is 5.32 Å². The lowest BCUT2D eigenvalue weighted by molar-refractivity contribution is -0.116. The number of fused-ring (bicyclic) bond motifs is 1. The van der Waals surface area contributed by atoms with Crippen molar-refractivity contribution in [2.24, 2.45) is 4.99 Å². The van der Waals surface area contributed by atoms with E-state index in [9.17, 15) is 10.1 Å². The number of aliphatic imine (C=N–C) groups is 1. The average molecular weight is 255 g/mol. The van der Waals surface area contributed by atoms with Crippen LogP contribution in [0.15, 0.2) is 23.3 Å². The minimum absolute atomic E-state index is 0.103. The van der Waals surface area contributed by atoms with E-state index in [2.05, 4.69) is 28.2 Å². The van der Waals surface area contributed by atoms with Crippen molar-refractivity contribution in [2.75, 3.05) is 5.32 Å². The summed E-state index contributed by atoms with van der Waals surface area (Å²) in [7, 11) is 0. The number of allylic oxidation sites excluding steroid dienone is 3. The van der Waals surface area contributed by atoms with Crippen molar-refractivity contribution in [3.05, 3.63) is 29.6 Å². The van der Waals surface area contributed by atoms with Gasteiger partial charge in [0.2, 0.25) is 5.91 Å². The molecule has 6 nitrogen and oxygen atoms in total. The van der Waals surface area contributed by atoms with Crippen LogP contribution in [0.5, 0.6) is 0 Å². The minimum atomic E-state index is -0.103. The third kappa shape index (κ3) is 2.31. The zero-order valence-electron chi connectivity index (χ0n) is 10.6. The first kappa shape index (κ1) is 12.8. The van der Waals surface area contributed by atoms with Gasteiger partial charge in [0, 0.05) is 18.2 Å². The normalized spacial score (nSPS) is 14.9. The molecule has 1 aromatic rings. The molecule has 1 amide bonds. The molecule has 0 fully saturated rings. The lowest BCUT2D eigenvalue weighted by Crippen LogP contribution is -2.23. The summed E-state index contributed by atoms with van der Waals surface area (Å²) in [4.78, 5) is 15.1. The van der Waals surface area contributed by atoms with Crippen molar-refractivity contribution < 1.29 is 4.79 Å². The quantitative estimate of drug-likeness (QED) is 0.659. The Labute approximate surface area is 110 Å². The number of nitrogens with one attached hydrogen (secondary N) is 1. The molecular formula is C13H13N5O. The van der Waals surface area contributed by atoms with Crippen molar-refractivity contribution in [3.8, 4) is 6.07 Å². The van der Waals surface area contributed by atoms with E-state index < -0.39 is 0 Å². The number of aryl methyl sites for hydroxylation is 1. The lowest BCUT2D eigenvalue weighted by atomic mass is 10.1. The van der Waals surface area contributed by atoms with Gasteiger partial charge in [0.25, 0.3) is 0 Å². The van der Waals surface area contributed by atoms with E-state index >= 15 is 0 Å². The summed E-state index contributed by atoms with van der Waals surface area (Å²) < 4.78 is 1.63. The van der Waals surface area contributed by atoms with Gasteiger partial charge in [0.15, 0.2) is 0 Å². The van der Waals surface area contributed by atoms with Gasteiger partial charge in [0.1, 0.15) is 23.1 Å². The SMILES string of the molecule is C=N/C=C(\C=C/C)c1nn2c(c1C#N)NC(=O)CC2. The molecule has 0 radical (unpaired) electrons. The number of rotatable bonds is 3. The zero-order valence-corrected chi connectivity index (χ0v) is 10.6. The first-order valence-corrected chi connectivity index (χ1v) is 5.81. The van der Waals surface area contributed by atoms with Crippen LogP contribution in [0.1, 0.15) is 24.6 Å². The standard InChI is InChI=1S/C13H13N5O/c1-3-4-9(8-15-2)12-10(7-14)13-16-11(19)5-6-18(13)17-12/h3-4,8H,2,5-6H2,1H3,(H,16,19)/b4-3-,9-8+. The van der Waals surface area contributed by atoms with E-state index in [-0.39, 0.29) is 5.91 Å². The summed E-state index contributed by atoms with van der Waals surface area (Å²) in [6, 6.07) is 2.09. The second kappa shape index (κ2) is 5.31. The molecule has 0 spiro atoms. The van der Waals surface area contributed by atoms with Gasteiger partial charge in [-0.15, -0.1) is 0 Å². The van der Waals surface area contributed by atoms with Crippen LogP contribution in [0.3, 0.4) is 0 Å². The van der Waals surface area contributed by atoms with Crippen LogP contribution in [0.2, 0.25) is 0 Å². The summed E-state index contributed by atoms with van der Waals surface area (Å²) in [5.74, 6) is 0.349. The summed E-state index contributed by atoms with van der Waals surface area (Å²) in [5.41, 5.74) is 1.54. The molecule has 96 valence electrons. The van der Waals surface area contributed by atoms with E-state index in [0.717, 1.165) is 0 Å². The number of aromatic nitrogens is 2. The van der Waals surface area contributed by atoms with Gasteiger partial charge < -0.3 is 5.32 Å². The third-order valence-corrected chi connectivity index (χ3v) is 2.72. The highest BCUT2D eigenvalue weighted by Gasteiger charge is 2.24. The maximum absolute atomic E-state index is 11.4. The van der Waals surface area contributed by atoms with Gasteiger partial charge in [-0.25, -0.2) is 4.68 Å². The fourth-order valence-corrected chi connectivity index (χ4v) is 1.92. The summed E-state index contributed by atoms with van der Waals surface area (Å²) in [5, 5.41) is 16.3. The first-order chi connectivity index (χ1) is 9.21. The fourth-order valence-electron chi connectivity index (χ4n) is 1.92. The molecule has 1 aliphatic rings. The predicted octanol–water partition coefficient (Wildman–Crippen LogP) is 1.71. The van der Waals surface area contributed by atoms with Crippen LogP contribution in [0, 0.1) is 11.3 Å². The number of carbonyl (C=O) groups is 1. The summed E-state index contributed by atoms with van der Waals surface area (Å²) in [6.07, 6.45) is 5.53. The molecule has 1 aromatic heterocycles. The van der Waals surface area contributed by atoms with E-state index in [1.54, 1.807) is 10.8 Å². The van der Waals surface area contributed by atoms with Crippen molar-refractivity contribution in [1.29, 1.82) is 5.26 Å². The molecule has 2 heterocycles. The smallest absolute Gasteiger partial charge is 0.227 e. The Morgan fingerprint density at radius 1 is 1.68 bits per heavy atom. The lowest BCUT2D eigenvalue weighted by Gasteiger charge is -2.13. The molecule has 0 saturated heterocycles. The molecule has 0 atom stereocenters. The van der Waals surface area contributed by atoms with Gasteiger partial charge >= 0.3 is 0 Å². The Kier molecular flexibility index (Phi) is 3.57. The van der Waals surface area contributed by atoms with E-state index in [1.165, 1.54) is 6.20 Å². The Morgan fingerprint density at radius 2 is 2.47 bits per heavy atom. The van der Waals surface area contributed by atoms with Gasteiger partial charge in [-0.2, -0.15) is 10.4 Å². The Bertz CT molecular complexity index is 630. The highest BCUT2D eigenvalue weighted by Crippen LogP contribution is 2.28. The first-order valence-electron chi connectivity index (χ1n) is 5.81. The summed E-state index contributed by atoms with van der Waals surface area (Å²) >= 11 is 0. The minimum Gasteiger partial charge on any atom is -0.310 e. The van der Waals surface area contributed by atoms with Crippen molar-refractivity contribution >= 4 is 24.0 Å². The van der Waals surface area contributed by atoms with Crippen LogP contribution >= 0.6 is 0 Å². The maximum Gasteiger partial charge on any atom is 0.227 e. The fraction of sp³-hybridized carbons (Fsp3) is 0.231. The highest BCUT2D eigenvalue weighted by molar-refractivity contribution is 5.94. The topological polar surface area (TPSA) is 83.1 Å². The number of hydrogen-bond acceptors (Lipinski definition) is 4. The van der Waals surface area contributed by atoms with E-state index in [1.807, 2.05) is 13.0 Å². The van der Waals surface area contributed by atoms with Crippen molar-refractivity contribution in [2.45, 2.75) is 19.9 Å². The van der Waals surface area contributed by atoms with Crippen LogP contribution in [-0.4, -0.2) is 22.4 Å². The Hall–Kier alpha value is -2.68. The molecule has 0 bridgehead atoms. The number of nitriles is 1. The van der Waals surface area contributed by atoms with E-state index in [4.69, 9.17) is 0 Å². The second-order valence-corrected chi connectivity index (χ2v) is 3.97. The molecule has 0 unspecified atom stereocenters. The van der Waals surface area contributed by atoms with Gasteiger partial charge in [-0.3, -0.25) is 9.79 Å². The third-order valence-electron chi connectivity index (χ3n) is 2.72. The monoisotopic (exact) mass is 255 g/mol. The molecule has 2 rings (SSSR count). The molecule has 0 saturated carbocycles. The van der Waals surface area contributed by atoms with Crippen molar-refractivity contribution in [1.82, 2.24) is 9.78 Å². The van der Waals surface area contributed by atoms with E-state index in [0.29, 0.717) is 35.6 Å². The molecule has 6 heteroatoms. The predicted molar refractivity (Wildman–Crippen MR) is 72.5 cm³/mol. The second-order valence-electron chi connectivity index (χ2n) is 3.97. The molecule has 1 N–H and O–H groups in total. The summed E-state index contributed by atoms with van der Waals surface area (Å²) in [6.45, 7) is 5.74. The maximum atomic E-state index is 11.4. The molecule has 1 aliphatic heterocycles. The highest BCUT2D eigenvalue weighted by atomic mass is 16.1. The molecule has 0 aliphatic carbocycles. The number of nitrogens with zero attached hydrogens (tertiary/aromatic N) is 4. The molecular weight excluding hydrogens is 242 g/mol. The number of anilines is 1. The molecule has 0 aromatic carbocycles. The van der Waals surface area contributed by atoms with Gasteiger partial charge in [-0.05, 0) is 13.6 Å². The van der Waals surface area contributed by atoms with Crippen LogP contribution in [0.25, 0.3) is 5.57 Å². The Balaban J connectivity index is 2.59. The number of hydrogen-bond donors (Lipinski definition) is 1. The number of amides is 1. The number of carbonyl (C=O) groups excluding carboxylic acids is 1.